The first-order valence-corrected chi connectivity index (χ1v) is 8.02. The van der Waals surface area contributed by atoms with Crippen LogP contribution in [0.25, 0.3) is 0 Å². The van der Waals surface area contributed by atoms with E-state index in [1.54, 1.807) is 6.20 Å². The Morgan fingerprint density at radius 2 is 1.90 bits per heavy atom. The summed E-state index contributed by atoms with van der Waals surface area (Å²) in [5.41, 5.74) is 2.39. The summed E-state index contributed by atoms with van der Waals surface area (Å²) in [5, 5.41) is 3.61. The first kappa shape index (κ1) is 15.0. The topological polar surface area (TPSA) is 24.9 Å². The molecule has 2 rings (SSSR count). The number of unbranched alkanes of at least 4 members (excludes halogenated alkanes) is 2. The molecule has 1 atom stereocenters. The molecule has 1 aromatic heterocycles. The summed E-state index contributed by atoms with van der Waals surface area (Å²) >= 11 is 3.51. The molecule has 1 N–H and O–H groups in total. The third-order valence-corrected chi connectivity index (χ3v) is 4.02. The Labute approximate surface area is 129 Å². The standard InChI is InChI=1S/C17H21BrN2/c1-2-3-5-11-15(14-9-6-4-7-10-14)20-16-12-8-13-19-17(16)18/h4,6-10,12-13,15,20H,2-3,5,11H2,1H3. The Morgan fingerprint density at radius 3 is 2.60 bits per heavy atom. The lowest BCUT2D eigenvalue weighted by atomic mass is 10.0. The largest absolute Gasteiger partial charge is 0.376 e. The van der Waals surface area contributed by atoms with Crippen molar-refractivity contribution in [2.24, 2.45) is 0 Å². The van der Waals surface area contributed by atoms with E-state index < -0.39 is 0 Å². The summed E-state index contributed by atoms with van der Waals surface area (Å²) in [6.07, 6.45) is 6.70. The van der Waals surface area contributed by atoms with Crippen molar-refractivity contribution in [2.75, 3.05) is 5.32 Å². The summed E-state index contributed by atoms with van der Waals surface area (Å²) in [6.45, 7) is 2.24. The second-order valence-electron chi connectivity index (χ2n) is 4.95. The first-order valence-electron chi connectivity index (χ1n) is 7.23. The zero-order valence-electron chi connectivity index (χ0n) is 11.8. The van der Waals surface area contributed by atoms with Crippen molar-refractivity contribution in [1.82, 2.24) is 4.98 Å². The van der Waals surface area contributed by atoms with Gasteiger partial charge in [-0.1, -0.05) is 56.5 Å². The van der Waals surface area contributed by atoms with Crippen LogP contribution in [0.2, 0.25) is 0 Å². The average molecular weight is 333 g/mol. The SMILES string of the molecule is CCCCCC(Nc1cccnc1Br)c1ccccc1. The quantitative estimate of drug-likeness (QED) is 0.529. The summed E-state index contributed by atoms with van der Waals surface area (Å²) in [4.78, 5) is 4.28. The van der Waals surface area contributed by atoms with Gasteiger partial charge >= 0.3 is 0 Å². The Morgan fingerprint density at radius 1 is 1.10 bits per heavy atom. The number of benzene rings is 1. The molecule has 0 bridgehead atoms. The van der Waals surface area contributed by atoms with Crippen LogP contribution in [0.15, 0.2) is 53.3 Å². The number of nitrogens with one attached hydrogen (secondary N) is 1. The van der Waals surface area contributed by atoms with Crippen LogP contribution in [-0.2, 0) is 0 Å². The molecule has 2 aromatic rings. The molecule has 106 valence electrons. The highest BCUT2D eigenvalue weighted by Crippen LogP contribution is 2.28. The predicted octanol–water partition coefficient (Wildman–Crippen LogP) is 5.58. The van der Waals surface area contributed by atoms with Gasteiger partial charge in [-0.25, -0.2) is 4.98 Å². The number of halogens is 1. The maximum absolute atomic E-state index is 4.28. The highest BCUT2D eigenvalue weighted by molar-refractivity contribution is 9.10. The van der Waals surface area contributed by atoms with Crippen LogP contribution >= 0.6 is 15.9 Å². The summed E-state index contributed by atoms with van der Waals surface area (Å²) in [6, 6.07) is 15.0. The highest BCUT2D eigenvalue weighted by atomic mass is 79.9. The molecular formula is C17H21BrN2. The lowest BCUT2D eigenvalue weighted by Crippen LogP contribution is -2.11. The average Bonchev–Trinajstić information content (AvgIpc) is 2.49. The summed E-state index contributed by atoms with van der Waals surface area (Å²) < 4.78 is 0.872. The highest BCUT2D eigenvalue weighted by Gasteiger charge is 2.12. The van der Waals surface area contributed by atoms with E-state index in [1.165, 1.54) is 24.8 Å². The van der Waals surface area contributed by atoms with Gasteiger partial charge in [0.2, 0.25) is 0 Å². The number of aromatic nitrogens is 1. The van der Waals surface area contributed by atoms with Crippen LogP contribution in [0.1, 0.15) is 44.2 Å². The molecule has 0 aliphatic carbocycles. The Bertz CT molecular complexity index is 513. The van der Waals surface area contributed by atoms with Crippen molar-refractivity contribution < 1.29 is 0 Å². The van der Waals surface area contributed by atoms with Crippen molar-refractivity contribution in [3.63, 3.8) is 0 Å². The smallest absolute Gasteiger partial charge is 0.129 e. The Balaban J connectivity index is 2.12. The van der Waals surface area contributed by atoms with E-state index in [0.717, 1.165) is 16.7 Å². The summed E-state index contributed by atoms with van der Waals surface area (Å²) in [7, 11) is 0. The molecule has 1 aromatic carbocycles. The Hall–Kier alpha value is -1.35. The zero-order chi connectivity index (χ0) is 14.2. The van der Waals surface area contributed by atoms with E-state index in [1.807, 2.05) is 6.07 Å². The normalized spacial score (nSPS) is 12.1. The predicted molar refractivity (Wildman–Crippen MR) is 88.9 cm³/mol. The van der Waals surface area contributed by atoms with Crippen LogP contribution in [0, 0.1) is 0 Å². The zero-order valence-corrected chi connectivity index (χ0v) is 13.4. The number of nitrogens with zero attached hydrogens (tertiary/aromatic N) is 1. The monoisotopic (exact) mass is 332 g/mol. The molecule has 0 fully saturated rings. The van der Waals surface area contributed by atoms with Gasteiger partial charge in [-0.3, -0.25) is 0 Å². The van der Waals surface area contributed by atoms with E-state index in [-0.39, 0.29) is 0 Å². The number of hydrogen-bond donors (Lipinski definition) is 1. The number of pyridine rings is 1. The fourth-order valence-corrected chi connectivity index (χ4v) is 2.65. The van der Waals surface area contributed by atoms with Crippen molar-refractivity contribution in [3.8, 4) is 0 Å². The summed E-state index contributed by atoms with van der Waals surface area (Å²) in [5.74, 6) is 0. The molecular weight excluding hydrogens is 312 g/mol. The van der Waals surface area contributed by atoms with E-state index in [0.29, 0.717) is 6.04 Å². The molecule has 0 saturated heterocycles. The van der Waals surface area contributed by atoms with Crippen LogP contribution in [-0.4, -0.2) is 4.98 Å². The molecule has 3 heteroatoms. The van der Waals surface area contributed by atoms with Crippen molar-refractivity contribution in [3.05, 3.63) is 58.8 Å². The van der Waals surface area contributed by atoms with Gasteiger partial charge in [0.05, 0.1) is 11.7 Å². The third kappa shape index (κ3) is 4.34. The van der Waals surface area contributed by atoms with Crippen molar-refractivity contribution in [2.45, 2.75) is 38.6 Å². The van der Waals surface area contributed by atoms with Crippen LogP contribution in [0.3, 0.4) is 0 Å². The van der Waals surface area contributed by atoms with Gasteiger partial charge < -0.3 is 5.32 Å². The maximum atomic E-state index is 4.28. The van der Waals surface area contributed by atoms with Crippen LogP contribution in [0.5, 0.6) is 0 Å². The lowest BCUT2D eigenvalue weighted by Gasteiger charge is -2.21. The molecule has 0 spiro atoms. The fraction of sp³-hybridized carbons (Fsp3) is 0.353. The van der Waals surface area contributed by atoms with Crippen LogP contribution in [0.4, 0.5) is 5.69 Å². The van der Waals surface area contributed by atoms with Gasteiger partial charge in [0.1, 0.15) is 4.60 Å². The van der Waals surface area contributed by atoms with E-state index >= 15 is 0 Å². The van der Waals surface area contributed by atoms with Gasteiger partial charge in [-0.2, -0.15) is 0 Å². The molecule has 0 aliphatic heterocycles. The van der Waals surface area contributed by atoms with Crippen molar-refractivity contribution in [1.29, 1.82) is 0 Å². The Kier molecular flexibility index (Phi) is 6.06. The molecule has 2 nitrogen and oxygen atoms in total. The van der Waals surface area contributed by atoms with Gasteiger partial charge in [-0.05, 0) is 40.0 Å². The molecule has 20 heavy (non-hydrogen) atoms. The molecule has 1 heterocycles. The first-order chi connectivity index (χ1) is 9.81. The van der Waals surface area contributed by atoms with Gasteiger partial charge in [0, 0.05) is 6.20 Å². The molecule has 0 aliphatic rings. The fourth-order valence-electron chi connectivity index (χ4n) is 2.29. The molecule has 0 radical (unpaired) electrons. The van der Waals surface area contributed by atoms with E-state index in [2.05, 4.69) is 69.6 Å². The molecule has 0 saturated carbocycles. The number of rotatable bonds is 7. The third-order valence-electron chi connectivity index (χ3n) is 3.39. The van der Waals surface area contributed by atoms with Gasteiger partial charge in [0.15, 0.2) is 0 Å². The second-order valence-corrected chi connectivity index (χ2v) is 5.70. The lowest BCUT2D eigenvalue weighted by molar-refractivity contribution is 0.606. The minimum atomic E-state index is 0.336. The van der Waals surface area contributed by atoms with Gasteiger partial charge in [-0.15, -0.1) is 0 Å². The van der Waals surface area contributed by atoms with E-state index in [9.17, 15) is 0 Å². The van der Waals surface area contributed by atoms with Crippen molar-refractivity contribution >= 4 is 21.6 Å². The van der Waals surface area contributed by atoms with E-state index in [4.69, 9.17) is 0 Å². The van der Waals surface area contributed by atoms with Crippen LogP contribution < -0.4 is 5.32 Å². The molecule has 0 amide bonds. The maximum Gasteiger partial charge on any atom is 0.129 e. The molecule has 1 unspecified atom stereocenters. The minimum absolute atomic E-state index is 0.336. The number of anilines is 1. The number of hydrogen-bond acceptors (Lipinski definition) is 2. The second kappa shape index (κ2) is 8.05. The van der Waals surface area contributed by atoms with Gasteiger partial charge in [0.25, 0.3) is 0 Å². The minimum Gasteiger partial charge on any atom is -0.376 e.